The first-order valence-electron chi connectivity index (χ1n) is 16.0. The highest BCUT2D eigenvalue weighted by Gasteiger charge is 2.28. The maximum Gasteiger partial charge on any atom is 0.0341 e. The molecule has 3 aliphatic rings. The highest BCUT2D eigenvalue weighted by molar-refractivity contribution is 5.81. The number of hydrogen-bond donors (Lipinski definition) is 1. The van der Waals surface area contributed by atoms with Gasteiger partial charge < -0.3 is 10.2 Å². The minimum absolute atomic E-state index is 0.359. The van der Waals surface area contributed by atoms with Crippen molar-refractivity contribution in [3.8, 4) is 0 Å². The van der Waals surface area contributed by atoms with Gasteiger partial charge in [0, 0.05) is 18.8 Å². The van der Waals surface area contributed by atoms with Crippen LogP contribution in [0.5, 0.6) is 0 Å². The van der Waals surface area contributed by atoms with Gasteiger partial charge in [0.05, 0.1) is 0 Å². The number of rotatable bonds is 9. The summed E-state index contributed by atoms with van der Waals surface area (Å²) in [6.45, 7) is 20.2. The van der Waals surface area contributed by atoms with E-state index in [9.17, 15) is 0 Å². The molecule has 2 aromatic carbocycles. The second-order valence-corrected chi connectivity index (χ2v) is 13.6. The smallest absolute Gasteiger partial charge is 0.0341 e. The minimum atomic E-state index is 0.359. The average Bonchev–Trinajstić information content (AvgIpc) is 3.16. The summed E-state index contributed by atoms with van der Waals surface area (Å²) in [4.78, 5) is 5.07. The lowest BCUT2D eigenvalue weighted by Crippen LogP contribution is -2.41. The lowest BCUT2D eigenvalue weighted by atomic mass is 9.80. The first kappa shape index (κ1) is 30.4. The minimum Gasteiger partial charge on any atom is -0.384 e. The van der Waals surface area contributed by atoms with E-state index in [1.54, 1.807) is 0 Å². The standard InChI is InChI=1S/C39H51N3/c1-29-10-7-8-13-37(29)38-26-34(12-9-11-30(38)2)27-42-20-16-33(17-21-42)25-35-14-15-36(24-31(35)3)32(4)40-28-39(5)18-22-41(6)23-19-39/h7-8,10-15,24,26,33,40H,4,16-23,25,27-28H2,1-3,5-6H3. The lowest BCUT2D eigenvalue weighted by molar-refractivity contribution is 0.141. The van der Waals surface area contributed by atoms with Gasteiger partial charge in [-0.3, -0.25) is 4.90 Å². The van der Waals surface area contributed by atoms with Crippen LogP contribution in [0, 0.1) is 25.2 Å². The van der Waals surface area contributed by atoms with Crippen molar-refractivity contribution in [2.24, 2.45) is 11.3 Å². The Balaban J connectivity index is 1.13. The molecule has 3 heteroatoms. The molecular weight excluding hydrogens is 510 g/mol. The highest BCUT2D eigenvalue weighted by Crippen LogP contribution is 2.31. The Morgan fingerprint density at radius 2 is 1.71 bits per heavy atom. The molecule has 0 amide bonds. The van der Waals surface area contributed by atoms with Crippen LogP contribution in [0.2, 0.25) is 0 Å². The molecule has 0 unspecified atom stereocenters. The molecule has 222 valence electrons. The van der Waals surface area contributed by atoms with Crippen LogP contribution in [0.3, 0.4) is 0 Å². The molecule has 2 aromatic rings. The van der Waals surface area contributed by atoms with Gasteiger partial charge in [0.15, 0.2) is 0 Å². The molecule has 1 N–H and O–H groups in total. The topological polar surface area (TPSA) is 18.5 Å². The van der Waals surface area contributed by atoms with E-state index in [0.29, 0.717) is 5.41 Å². The third-order valence-electron chi connectivity index (χ3n) is 9.99. The zero-order valence-electron chi connectivity index (χ0n) is 26.7. The molecule has 0 bridgehead atoms. The Morgan fingerprint density at radius 3 is 2.43 bits per heavy atom. The summed E-state index contributed by atoms with van der Waals surface area (Å²) < 4.78 is 0. The van der Waals surface area contributed by atoms with Crippen LogP contribution in [0.25, 0.3) is 11.3 Å². The van der Waals surface area contributed by atoms with E-state index in [4.69, 9.17) is 0 Å². The Kier molecular flexibility index (Phi) is 9.74. The fraction of sp³-hybridized carbons (Fsp3) is 0.462. The van der Waals surface area contributed by atoms with Crippen LogP contribution in [-0.2, 0) is 6.42 Å². The van der Waals surface area contributed by atoms with Crippen molar-refractivity contribution in [2.75, 3.05) is 46.3 Å². The molecule has 3 nitrogen and oxygen atoms in total. The van der Waals surface area contributed by atoms with E-state index < -0.39 is 0 Å². The van der Waals surface area contributed by atoms with Crippen LogP contribution >= 0.6 is 0 Å². The van der Waals surface area contributed by atoms with Gasteiger partial charge >= 0.3 is 0 Å². The second-order valence-electron chi connectivity index (χ2n) is 13.6. The summed E-state index contributed by atoms with van der Waals surface area (Å²) in [7, 11) is 2.23. The van der Waals surface area contributed by atoms with Gasteiger partial charge in [-0.2, -0.15) is 0 Å². The van der Waals surface area contributed by atoms with Crippen molar-refractivity contribution >= 4 is 11.3 Å². The largest absolute Gasteiger partial charge is 0.384 e. The van der Waals surface area contributed by atoms with E-state index in [0.717, 1.165) is 37.8 Å². The fourth-order valence-electron chi connectivity index (χ4n) is 6.74. The first-order valence-corrected chi connectivity index (χ1v) is 16.0. The van der Waals surface area contributed by atoms with Crippen molar-refractivity contribution in [3.05, 3.63) is 112 Å². The van der Waals surface area contributed by atoms with Crippen LogP contribution in [0.1, 0.15) is 67.3 Å². The number of nitrogens with one attached hydrogen (secondary N) is 1. The summed E-state index contributed by atoms with van der Waals surface area (Å²) in [6, 6.07) is 15.7. The van der Waals surface area contributed by atoms with E-state index in [1.165, 1.54) is 89.7 Å². The van der Waals surface area contributed by atoms with Crippen LogP contribution < -0.4 is 5.32 Å². The fourth-order valence-corrected chi connectivity index (χ4v) is 6.74. The van der Waals surface area contributed by atoms with Gasteiger partial charge in [-0.1, -0.05) is 49.9 Å². The van der Waals surface area contributed by atoms with Gasteiger partial charge in [0.25, 0.3) is 0 Å². The zero-order valence-corrected chi connectivity index (χ0v) is 26.7. The molecule has 2 saturated heterocycles. The molecule has 42 heavy (non-hydrogen) atoms. The number of allylic oxidation sites excluding steroid dienone is 3. The van der Waals surface area contributed by atoms with E-state index in [2.05, 4.69) is 123 Å². The van der Waals surface area contributed by atoms with Crippen molar-refractivity contribution in [1.82, 2.24) is 15.1 Å². The molecule has 0 radical (unpaired) electrons. The summed E-state index contributed by atoms with van der Waals surface area (Å²) in [5.74, 6) is 0.750. The predicted octanol–water partition coefficient (Wildman–Crippen LogP) is 7.98. The summed E-state index contributed by atoms with van der Waals surface area (Å²) in [5.41, 5.74) is 15.6. The normalized spacial score (nSPS) is 20.0. The number of aryl methyl sites for hydroxylation is 2. The molecule has 2 heterocycles. The number of nitrogens with zero attached hydrogens (tertiary/aromatic N) is 2. The molecule has 2 aliphatic heterocycles. The highest BCUT2D eigenvalue weighted by atomic mass is 15.1. The van der Waals surface area contributed by atoms with Crippen LogP contribution in [-0.4, -0.2) is 56.1 Å². The Bertz CT molecular complexity index is 1400. The number of benzene rings is 2. The molecule has 1 aliphatic carbocycles. The molecule has 0 saturated carbocycles. The number of piperidine rings is 2. The second kappa shape index (κ2) is 13.5. The maximum atomic E-state index is 4.39. The summed E-state index contributed by atoms with van der Waals surface area (Å²) in [6.07, 6.45) is 12.9. The molecule has 0 atom stereocenters. The van der Waals surface area contributed by atoms with Gasteiger partial charge in [-0.15, -0.1) is 5.73 Å². The molecule has 0 aromatic heterocycles. The van der Waals surface area contributed by atoms with Crippen molar-refractivity contribution in [2.45, 2.75) is 59.8 Å². The van der Waals surface area contributed by atoms with Crippen molar-refractivity contribution in [1.29, 1.82) is 0 Å². The van der Waals surface area contributed by atoms with Gasteiger partial charge in [-0.25, -0.2) is 0 Å². The Labute approximate surface area is 255 Å². The predicted molar refractivity (Wildman–Crippen MR) is 180 cm³/mol. The van der Waals surface area contributed by atoms with Gasteiger partial charge in [-0.05, 0) is 166 Å². The molecular formula is C39H51N3. The van der Waals surface area contributed by atoms with Gasteiger partial charge in [0.1, 0.15) is 0 Å². The van der Waals surface area contributed by atoms with E-state index >= 15 is 0 Å². The van der Waals surface area contributed by atoms with Crippen LogP contribution in [0.15, 0.2) is 84.1 Å². The molecule has 0 spiro atoms. The third-order valence-corrected chi connectivity index (χ3v) is 9.99. The Hall–Kier alpha value is -3.10. The average molecular weight is 562 g/mol. The van der Waals surface area contributed by atoms with Gasteiger partial charge in [0.2, 0.25) is 0 Å². The maximum absolute atomic E-state index is 4.39. The SMILES string of the molecule is C=C(NCC1(C)CCN(C)CC1)c1ccc(CC2CCN(CC3=CC(c4ccccc4C)=C(C)C=C=C3)CC2)c(C)c1. The molecule has 2 fully saturated rings. The molecule has 5 rings (SSSR count). The zero-order chi connectivity index (χ0) is 29.7. The summed E-state index contributed by atoms with van der Waals surface area (Å²) in [5, 5.41) is 3.68. The first-order chi connectivity index (χ1) is 20.2. The summed E-state index contributed by atoms with van der Waals surface area (Å²) >= 11 is 0. The van der Waals surface area contributed by atoms with E-state index in [-0.39, 0.29) is 0 Å². The van der Waals surface area contributed by atoms with Crippen molar-refractivity contribution < 1.29 is 0 Å². The van der Waals surface area contributed by atoms with E-state index in [1.807, 2.05) is 0 Å². The quantitative estimate of drug-likeness (QED) is 0.313. The number of likely N-dealkylation sites (tertiary alicyclic amines) is 2. The van der Waals surface area contributed by atoms with Crippen LogP contribution in [0.4, 0.5) is 0 Å². The monoisotopic (exact) mass is 561 g/mol. The number of hydrogen-bond acceptors (Lipinski definition) is 3. The lowest BCUT2D eigenvalue weighted by Gasteiger charge is -2.38. The van der Waals surface area contributed by atoms with Crippen molar-refractivity contribution in [3.63, 3.8) is 0 Å². The third kappa shape index (κ3) is 7.64. The Morgan fingerprint density at radius 1 is 0.976 bits per heavy atom.